The molecule has 1 amide bonds. The van der Waals surface area contributed by atoms with Crippen LogP contribution in [0.2, 0.25) is 0 Å². The second-order valence-electron chi connectivity index (χ2n) is 5.94. The van der Waals surface area contributed by atoms with Crippen LogP contribution < -0.4 is 5.32 Å². The molecule has 0 aliphatic heterocycles. The molecule has 24 heavy (non-hydrogen) atoms. The van der Waals surface area contributed by atoms with Gasteiger partial charge in [-0.05, 0) is 26.3 Å². The lowest BCUT2D eigenvalue weighted by Crippen LogP contribution is -2.43. The first-order valence-corrected chi connectivity index (χ1v) is 8.39. The molecule has 8 heteroatoms. The van der Waals surface area contributed by atoms with Crippen molar-refractivity contribution in [2.24, 2.45) is 0 Å². The summed E-state index contributed by atoms with van der Waals surface area (Å²) in [6.07, 6.45) is -3.89. The van der Waals surface area contributed by atoms with Gasteiger partial charge < -0.3 is 5.32 Å². The largest absolute Gasteiger partial charge is 0.451 e. The van der Waals surface area contributed by atoms with Crippen LogP contribution in [-0.4, -0.2) is 27.2 Å². The van der Waals surface area contributed by atoms with Crippen molar-refractivity contribution in [3.8, 4) is 0 Å². The SMILES string of the molecule is CCC(C)(C)NC(=O)CSc1nc(C(F)(F)F)nc2ccccc12. The number of aromatic nitrogens is 2. The standard InChI is InChI=1S/C16H18F3N3OS/c1-4-15(2,3)22-12(23)9-24-13-10-7-5-6-8-11(10)20-14(21-13)16(17,18)19/h5-8H,4,9H2,1-3H3,(H,22,23). The van der Waals surface area contributed by atoms with E-state index in [-0.39, 0.29) is 27.7 Å². The molecule has 0 saturated heterocycles. The van der Waals surface area contributed by atoms with E-state index in [1.54, 1.807) is 18.2 Å². The van der Waals surface area contributed by atoms with Gasteiger partial charge in [-0.1, -0.05) is 36.9 Å². The molecule has 2 aromatic rings. The van der Waals surface area contributed by atoms with Crippen molar-refractivity contribution in [1.82, 2.24) is 15.3 Å². The quantitative estimate of drug-likeness (QED) is 0.648. The Balaban J connectivity index is 2.26. The molecule has 0 spiro atoms. The number of thioether (sulfide) groups is 1. The Labute approximate surface area is 142 Å². The molecule has 0 atom stereocenters. The van der Waals surface area contributed by atoms with Gasteiger partial charge in [0.2, 0.25) is 11.7 Å². The minimum absolute atomic E-state index is 0.0122. The van der Waals surface area contributed by atoms with Crippen LogP contribution in [0.4, 0.5) is 13.2 Å². The number of nitrogens with one attached hydrogen (secondary N) is 1. The smallest absolute Gasteiger partial charge is 0.351 e. The van der Waals surface area contributed by atoms with Gasteiger partial charge in [0.05, 0.1) is 11.3 Å². The molecule has 0 bridgehead atoms. The van der Waals surface area contributed by atoms with Crippen LogP contribution in [-0.2, 0) is 11.0 Å². The highest BCUT2D eigenvalue weighted by Gasteiger charge is 2.35. The zero-order valence-electron chi connectivity index (χ0n) is 13.6. The summed E-state index contributed by atoms with van der Waals surface area (Å²) < 4.78 is 38.8. The van der Waals surface area contributed by atoms with Crippen LogP contribution >= 0.6 is 11.8 Å². The summed E-state index contributed by atoms with van der Waals surface area (Å²) in [6.45, 7) is 5.72. The van der Waals surface area contributed by atoms with E-state index < -0.39 is 12.0 Å². The molecule has 0 aliphatic carbocycles. The zero-order chi connectivity index (χ0) is 18.0. The number of nitrogens with zero attached hydrogens (tertiary/aromatic N) is 2. The van der Waals surface area contributed by atoms with E-state index in [0.29, 0.717) is 5.39 Å². The molecule has 130 valence electrons. The predicted molar refractivity (Wildman–Crippen MR) is 87.8 cm³/mol. The number of hydrogen-bond acceptors (Lipinski definition) is 4. The van der Waals surface area contributed by atoms with Gasteiger partial charge in [-0.3, -0.25) is 4.79 Å². The van der Waals surface area contributed by atoms with E-state index in [4.69, 9.17) is 0 Å². The summed E-state index contributed by atoms with van der Waals surface area (Å²) in [6, 6.07) is 6.45. The predicted octanol–water partition coefficient (Wildman–Crippen LogP) is 4.05. The first kappa shape index (κ1) is 18.5. The third-order valence-corrected chi connectivity index (χ3v) is 4.51. The lowest BCUT2D eigenvalue weighted by molar-refractivity contribution is -0.145. The summed E-state index contributed by atoms with van der Waals surface area (Å²) in [5.74, 6) is -1.46. The Morgan fingerprint density at radius 3 is 2.50 bits per heavy atom. The Hall–Kier alpha value is -1.83. The minimum Gasteiger partial charge on any atom is -0.351 e. The van der Waals surface area contributed by atoms with Gasteiger partial charge >= 0.3 is 6.18 Å². The first-order valence-electron chi connectivity index (χ1n) is 7.40. The number of carbonyl (C=O) groups excluding carboxylic acids is 1. The fraction of sp³-hybridized carbons (Fsp3) is 0.438. The molecule has 1 aromatic heterocycles. The van der Waals surface area contributed by atoms with Crippen molar-refractivity contribution >= 4 is 28.6 Å². The average Bonchev–Trinajstić information content (AvgIpc) is 2.51. The van der Waals surface area contributed by atoms with E-state index in [2.05, 4.69) is 15.3 Å². The number of hydrogen-bond donors (Lipinski definition) is 1. The molecule has 1 heterocycles. The maximum atomic E-state index is 12.9. The van der Waals surface area contributed by atoms with Crippen molar-refractivity contribution < 1.29 is 18.0 Å². The molecular formula is C16H18F3N3OS. The number of alkyl halides is 3. The lowest BCUT2D eigenvalue weighted by atomic mass is 10.0. The third-order valence-electron chi connectivity index (χ3n) is 3.52. The normalized spacial score (nSPS) is 12.4. The molecule has 0 unspecified atom stereocenters. The van der Waals surface area contributed by atoms with Gasteiger partial charge in [0.1, 0.15) is 5.03 Å². The van der Waals surface area contributed by atoms with Gasteiger partial charge in [0, 0.05) is 10.9 Å². The minimum atomic E-state index is -4.63. The number of para-hydroxylation sites is 1. The van der Waals surface area contributed by atoms with Crippen LogP contribution in [0.3, 0.4) is 0 Å². The van der Waals surface area contributed by atoms with Gasteiger partial charge in [0.25, 0.3) is 0 Å². The Kier molecular flexibility index (Phi) is 5.37. The molecule has 0 aliphatic rings. The van der Waals surface area contributed by atoms with Gasteiger partial charge in [0.15, 0.2) is 0 Å². The molecular weight excluding hydrogens is 339 g/mol. The van der Waals surface area contributed by atoms with Gasteiger partial charge in [-0.15, -0.1) is 0 Å². The monoisotopic (exact) mass is 357 g/mol. The number of fused-ring (bicyclic) bond motifs is 1. The first-order chi connectivity index (χ1) is 11.1. The number of rotatable bonds is 5. The van der Waals surface area contributed by atoms with Crippen molar-refractivity contribution in [2.45, 2.75) is 43.9 Å². The maximum absolute atomic E-state index is 12.9. The lowest BCUT2D eigenvalue weighted by Gasteiger charge is -2.24. The Morgan fingerprint density at radius 2 is 1.88 bits per heavy atom. The molecule has 1 N–H and O–H groups in total. The fourth-order valence-electron chi connectivity index (χ4n) is 1.92. The van der Waals surface area contributed by atoms with E-state index in [0.717, 1.165) is 18.2 Å². The Morgan fingerprint density at radius 1 is 1.21 bits per heavy atom. The molecule has 2 rings (SSSR count). The van der Waals surface area contributed by atoms with Crippen LogP contribution in [0.1, 0.15) is 33.0 Å². The molecule has 0 fully saturated rings. The van der Waals surface area contributed by atoms with E-state index in [1.807, 2.05) is 20.8 Å². The van der Waals surface area contributed by atoms with Crippen LogP contribution in [0.15, 0.2) is 29.3 Å². The summed E-state index contributed by atoms with van der Waals surface area (Å²) in [5.41, 5.74) is -0.153. The maximum Gasteiger partial charge on any atom is 0.451 e. The molecule has 0 radical (unpaired) electrons. The van der Waals surface area contributed by atoms with Crippen LogP contribution in [0, 0.1) is 0 Å². The van der Waals surface area contributed by atoms with Crippen LogP contribution in [0.25, 0.3) is 10.9 Å². The fourth-order valence-corrected chi connectivity index (χ4v) is 2.74. The second kappa shape index (κ2) is 6.96. The number of carbonyl (C=O) groups is 1. The van der Waals surface area contributed by atoms with Crippen molar-refractivity contribution in [1.29, 1.82) is 0 Å². The summed E-state index contributed by atoms with van der Waals surface area (Å²) >= 11 is 0.976. The summed E-state index contributed by atoms with van der Waals surface area (Å²) in [4.78, 5) is 19.2. The summed E-state index contributed by atoms with van der Waals surface area (Å²) in [5, 5.41) is 3.49. The molecule has 1 aromatic carbocycles. The number of halogens is 3. The zero-order valence-corrected chi connectivity index (χ0v) is 14.4. The second-order valence-corrected chi connectivity index (χ2v) is 6.91. The topological polar surface area (TPSA) is 54.9 Å². The van der Waals surface area contributed by atoms with Gasteiger partial charge in [-0.25, -0.2) is 9.97 Å². The average molecular weight is 357 g/mol. The Bertz CT molecular complexity index is 747. The summed E-state index contributed by atoms with van der Waals surface area (Å²) in [7, 11) is 0. The highest BCUT2D eigenvalue weighted by Crippen LogP contribution is 2.32. The third kappa shape index (κ3) is 4.59. The van der Waals surface area contributed by atoms with Crippen molar-refractivity contribution in [3.05, 3.63) is 30.1 Å². The van der Waals surface area contributed by atoms with E-state index in [1.165, 1.54) is 6.07 Å². The molecule has 0 saturated carbocycles. The van der Waals surface area contributed by atoms with Crippen LogP contribution in [0.5, 0.6) is 0 Å². The van der Waals surface area contributed by atoms with Gasteiger partial charge in [-0.2, -0.15) is 13.2 Å². The molecule has 4 nitrogen and oxygen atoms in total. The highest BCUT2D eigenvalue weighted by molar-refractivity contribution is 8.00. The van der Waals surface area contributed by atoms with E-state index >= 15 is 0 Å². The van der Waals surface area contributed by atoms with E-state index in [9.17, 15) is 18.0 Å². The van der Waals surface area contributed by atoms with Crippen molar-refractivity contribution in [2.75, 3.05) is 5.75 Å². The van der Waals surface area contributed by atoms with Crippen molar-refractivity contribution in [3.63, 3.8) is 0 Å². The number of amides is 1. The highest BCUT2D eigenvalue weighted by atomic mass is 32.2. The number of benzene rings is 1.